The third-order valence-electron chi connectivity index (χ3n) is 2.02. The van der Waals surface area contributed by atoms with E-state index in [1.165, 1.54) is 17.4 Å². The number of nitrogens with one attached hydrogen (secondary N) is 1. The number of thiazole rings is 1. The molecule has 2 aromatic rings. The molecule has 0 unspecified atom stereocenters. The number of fused-ring (bicyclic) bond motifs is 1. The summed E-state index contributed by atoms with van der Waals surface area (Å²) in [5.41, 5.74) is 4.00. The van der Waals surface area contributed by atoms with E-state index in [0.29, 0.717) is 15.1 Å². The first-order valence-corrected chi connectivity index (χ1v) is 6.88. The fourth-order valence-corrected chi connectivity index (χ4v) is 2.81. The minimum absolute atomic E-state index is 0.0425. The van der Waals surface area contributed by atoms with Gasteiger partial charge in [-0.2, -0.15) is 13.9 Å². The summed E-state index contributed by atoms with van der Waals surface area (Å²) in [5, 5.41) is 4.54. The van der Waals surface area contributed by atoms with Gasteiger partial charge in [0.15, 0.2) is 5.75 Å². The summed E-state index contributed by atoms with van der Waals surface area (Å²) in [6.07, 6.45) is 0. The Balaban J connectivity index is 2.42. The second-order valence-corrected chi connectivity index (χ2v) is 5.77. The topological polar surface area (TPSA) is 46.5 Å². The van der Waals surface area contributed by atoms with Crippen LogP contribution in [0.3, 0.4) is 0 Å². The Kier molecular flexibility index (Phi) is 4.31. The van der Waals surface area contributed by atoms with E-state index in [9.17, 15) is 8.78 Å². The predicted molar refractivity (Wildman–Crippen MR) is 76.4 cm³/mol. The van der Waals surface area contributed by atoms with Crippen LogP contribution in [-0.4, -0.2) is 17.3 Å². The van der Waals surface area contributed by atoms with Gasteiger partial charge in [0.25, 0.3) is 0 Å². The van der Waals surface area contributed by atoms with Gasteiger partial charge in [-0.15, -0.1) is 0 Å². The first-order chi connectivity index (χ1) is 8.95. The first kappa shape index (κ1) is 14.1. The smallest absolute Gasteiger partial charge is 0.387 e. The number of rotatable bonds is 4. The van der Waals surface area contributed by atoms with Crippen molar-refractivity contribution in [2.45, 2.75) is 20.5 Å². The highest BCUT2D eigenvalue weighted by Crippen LogP contribution is 2.36. The highest BCUT2D eigenvalue weighted by Gasteiger charge is 2.14. The van der Waals surface area contributed by atoms with E-state index >= 15 is 0 Å². The molecule has 0 aliphatic heterocycles. The Hall–Kier alpha value is -1.28. The molecule has 102 valence electrons. The number of aromatic nitrogens is 1. The number of nitrogens with zero attached hydrogens (tertiary/aromatic N) is 2. The average Bonchev–Trinajstić information content (AvgIpc) is 2.68. The molecule has 0 amide bonds. The lowest BCUT2D eigenvalue weighted by atomic mass is 10.3. The molecule has 8 heteroatoms. The second kappa shape index (κ2) is 5.79. The standard InChI is InChI=1S/C11H10BrF2N3OS/c1-5(2)16-17-11-15-9-7(18-10(13)14)3-6(12)4-8(9)19-11/h3-4,10H,1-2H3,(H,15,17). The van der Waals surface area contributed by atoms with Crippen molar-refractivity contribution in [3.63, 3.8) is 0 Å². The maximum atomic E-state index is 12.3. The highest BCUT2D eigenvalue weighted by molar-refractivity contribution is 9.10. The number of hydrogen-bond acceptors (Lipinski definition) is 5. The molecule has 19 heavy (non-hydrogen) atoms. The fraction of sp³-hybridized carbons (Fsp3) is 0.273. The summed E-state index contributed by atoms with van der Waals surface area (Å²) in [6.45, 7) is 0.788. The van der Waals surface area contributed by atoms with Crippen LogP contribution in [-0.2, 0) is 0 Å². The van der Waals surface area contributed by atoms with Gasteiger partial charge >= 0.3 is 6.61 Å². The molecule has 0 aliphatic rings. The SMILES string of the molecule is CC(C)=NNc1nc2c(OC(F)F)cc(Br)cc2s1. The molecular formula is C11H10BrF2N3OS. The average molecular weight is 350 g/mol. The Labute approximate surface area is 120 Å². The molecular weight excluding hydrogens is 340 g/mol. The molecule has 1 N–H and O–H groups in total. The minimum Gasteiger partial charge on any atom is -0.432 e. The molecule has 0 spiro atoms. The van der Waals surface area contributed by atoms with Crippen molar-refractivity contribution < 1.29 is 13.5 Å². The molecule has 2 rings (SSSR count). The van der Waals surface area contributed by atoms with E-state index in [1.54, 1.807) is 6.07 Å². The van der Waals surface area contributed by atoms with Crippen LogP contribution in [0, 0.1) is 0 Å². The van der Waals surface area contributed by atoms with Crippen LogP contribution in [0.2, 0.25) is 0 Å². The zero-order chi connectivity index (χ0) is 14.0. The fourth-order valence-electron chi connectivity index (χ4n) is 1.36. The monoisotopic (exact) mass is 349 g/mol. The zero-order valence-corrected chi connectivity index (χ0v) is 12.5. The summed E-state index contributed by atoms with van der Waals surface area (Å²) in [7, 11) is 0. The summed E-state index contributed by atoms with van der Waals surface area (Å²) >= 11 is 4.56. The quantitative estimate of drug-likeness (QED) is 0.654. The van der Waals surface area contributed by atoms with Crippen molar-refractivity contribution in [1.29, 1.82) is 0 Å². The van der Waals surface area contributed by atoms with Gasteiger partial charge in [0.2, 0.25) is 5.13 Å². The van der Waals surface area contributed by atoms with E-state index in [4.69, 9.17) is 0 Å². The molecule has 4 nitrogen and oxygen atoms in total. The molecule has 0 radical (unpaired) electrons. The maximum Gasteiger partial charge on any atom is 0.387 e. The van der Waals surface area contributed by atoms with Crippen molar-refractivity contribution >= 4 is 48.3 Å². The predicted octanol–water partition coefficient (Wildman–Crippen LogP) is 4.47. The summed E-state index contributed by atoms with van der Waals surface area (Å²) in [6, 6.07) is 3.26. The van der Waals surface area contributed by atoms with Crippen molar-refractivity contribution in [3.05, 3.63) is 16.6 Å². The first-order valence-electron chi connectivity index (χ1n) is 5.27. The molecule has 0 atom stereocenters. The Morgan fingerprint density at radius 3 is 2.84 bits per heavy atom. The van der Waals surface area contributed by atoms with Gasteiger partial charge in [0.1, 0.15) is 5.52 Å². The van der Waals surface area contributed by atoms with Crippen LogP contribution in [0.25, 0.3) is 10.2 Å². The summed E-state index contributed by atoms with van der Waals surface area (Å²) in [4.78, 5) is 4.20. The van der Waals surface area contributed by atoms with E-state index in [2.05, 4.69) is 36.2 Å². The van der Waals surface area contributed by atoms with Crippen LogP contribution in [0.1, 0.15) is 13.8 Å². The van der Waals surface area contributed by atoms with E-state index < -0.39 is 6.61 Å². The zero-order valence-electron chi connectivity index (χ0n) is 10.1. The third kappa shape index (κ3) is 3.60. The van der Waals surface area contributed by atoms with Crippen molar-refractivity contribution in [2.75, 3.05) is 5.43 Å². The Morgan fingerprint density at radius 2 is 2.21 bits per heavy atom. The third-order valence-corrected chi connectivity index (χ3v) is 3.38. The van der Waals surface area contributed by atoms with Crippen LogP contribution < -0.4 is 10.2 Å². The second-order valence-electron chi connectivity index (χ2n) is 3.82. The molecule has 0 fully saturated rings. The van der Waals surface area contributed by atoms with Crippen molar-refractivity contribution in [2.24, 2.45) is 5.10 Å². The van der Waals surface area contributed by atoms with Crippen molar-refractivity contribution in [3.8, 4) is 5.75 Å². The van der Waals surface area contributed by atoms with Gasteiger partial charge in [-0.05, 0) is 26.0 Å². The number of ether oxygens (including phenoxy) is 1. The molecule has 1 heterocycles. The van der Waals surface area contributed by atoms with Crippen LogP contribution in [0.5, 0.6) is 5.75 Å². The number of anilines is 1. The van der Waals surface area contributed by atoms with Crippen LogP contribution in [0.15, 0.2) is 21.7 Å². The van der Waals surface area contributed by atoms with Gasteiger partial charge in [-0.1, -0.05) is 27.3 Å². The normalized spacial score (nSPS) is 10.8. The molecule has 0 bridgehead atoms. The Morgan fingerprint density at radius 1 is 1.47 bits per heavy atom. The molecule has 1 aromatic heterocycles. The van der Waals surface area contributed by atoms with Crippen molar-refractivity contribution in [1.82, 2.24) is 4.98 Å². The highest BCUT2D eigenvalue weighted by atomic mass is 79.9. The largest absolute Gasteiger partial charge is 0.432 e. The van der Waals surface area contributed by atoms with E-state index in [0.717, 1.165) is 10.4 Å². The molecule has 0 saturated carbocycles. The van der Waals surface area contributed by atoms with E-state index in [1.807, 2.05) is 13.8 Å². The van der Waals surface area contributed by atoms with Gasteiger partial charge in [-0.25, -0.2) is 4.98 Å². The number of halogens is 3. The summed E-state index contributed by atoms with van der Waals surface area (Å²) < 4.78 is 30.5. The lowest BCUT2D eigenvalue weighted by Gasteiger charge is -2.05. The minimum atomic E-state index is -2.88. The number of alkyl halides is 2. The number of hydrazone groups is 1. The van der Waals surface area contributed by atoms with Gasteiger partial charge < -0.3 is 4.74 Å². The lowest BCUT2D eigenvalue weighted by molar-refractivity contribution is -0.0489. The van der Waals surface area contributed by atoms with Gasteiger partial charge in [-0.3, -0.25) is 5.43 Å². The summed E-state index contributed by atoms with van der Waals surface area (Å²) in [5.74, 6) is 0.0425. The van der Waals surface area contributed by atoms with Gasteiger partial charge in [0.05, 0.1) is 4.70 Å². The molecule has 1 aromatic carbocycles. The Bertz CT molecular complexity index is 626. The van der Waals surface area contributed by atoms with Crippen LogP contribution in [0.4, 0.5) is 13.9 Å². The maximum absolute atomic E-state index is 12.3. The van der Waals surface area contributed by atoms with Crippen LogP contribution >= 0.6 is 27.3 Å². The number of benzene rings is 1. The van der Waals surface area contributed by atoms with E-state index in [-0.39, 0.29) is 5.75 Å². The lowest BCUT2D eigenvalue weighted by Crippen LogP contribution is -2.02. The number of hydrogen-bond donors (Lipinski definition) is 1. The van der Waals surface area contributed by atoms with Gasteiger partial charge in [0, 0.05) is 10.2 Å². The molecule has 0 saturated heterocycles. The molecule has 0 aliphatic carbocycles.